The van der Waals surface area contributed by atoms with Crippen LogP contribution in [0.15, 0.2) is 35.2 Å². The van der Waals surface area contributed by atoms with Gasteiger partial charge in [0.1, 0.15) is 4.32 Å². The maximum atomic E-state index is 12.0. The molecule has 1 fully saturated rings. The summed E-state index contributed by atoms with van der Waals surface area (Å²) in [5, 5.41) is 3.66. The first-order chi connectivity index (χ1) is 12.4. The maximum absolute atomic E-state index is 12.0. The molecule has 134 valence electrons. The summed E-state index contributed by atoms with van der Waals surface area (Å²) in [4.78, 5) is 12.5. The lowest BCUT2D eigenvalue weighted by Gasteiger charge is -2.14. The third kappa shape index (κ3) is 3.83. The Bertz CT molecular complexity index is 944. The number of hydrogen-bond acceptors (Lipinski definition) is 5. The van der Waals surface area contributed by atoms with Crippen molar-refractivity contribution in [3.63, 3.8) is 0 Å². The molecule has 2 aromatic carbocycles. The molecule has 1 aliphatic rings. The summed E-state index contributed by atoms with van der Waals surface area (Å²) in [7, 11) is 3.09. The number of nitrogens with one attached hydrogen (secondary N) is 1. The fourth-order valence-electron chi connectivity index (χ4n) is 2.54. The van der Waals surface area contributed by atoms with Crippen LogP contribution in [0.4, 0.5) is 0 Å². The third-order valence-electron chi connectivity index (χ3n) is 3.68. The Morgan fingerprint density at radius 2 is 1.92 bits per heavy atom. The van der Waals surface area contributed by atoms with Gasteiger partial charge in [0.05, 0.1) is 19.1 Å². The second-order valence-electron chi connectivity index (χ2n) is 5.28. The predicted octanol–water partition coefficient (Wildman–Crippen LogP) is 5.17. The van der Waals surface area contributed by atoms with E-state index in [0.29, 0.717) is 36.3 Å². The topological polar surface area (TPSA) is 47.6 Å². The van der Waals surface area contributed by atoms with Gasteiger partial charge >= 0.3 is 0 Å². The molecule has 1 amide bonds. The van der Waals surface area contributed by atoms with E-state index in [9.17, 15) is 4.79 Å². The van der Waals surface area contributed by atoms with Gasteiger partial charge in [-0.2, -0.15) is 0 Å². The molecule has 1 heterocycles. The van der Waals surface area contributed by atoms with Crippen LogP contribution in [-0.2, 0) is 4.79 Å². The number of hydrogen-bond donors (Lipinski definition) is 1. The van der Waals surface area contributed by atoms with Crippen LogP contribution in [0.25, 0.3) is 17.2 Å². The van der Waals surface area contributed by atoms with Crippen molar-refractivity contribution >= 4 is 63.5 Å². The van der Waals surface area contributed by atoms with Gasteiger partial charge in [-0.3, -0.25) is 4.79 Å². The zero-order chi connectivity index (χ0) is 18.8. The van der Waals surface area contributed by atoms with Gasteiger partial charge in [-0.25, -0.2) is 0 Å². The highest BCUT2D eigenvalue weighted by Gasteiger charge is 2.23. The molecule has 0 unspecified atom stereocenters. The molecule has 0 spiro atoms. The van der Waals surface area contributed by atoms with Crippen molar-refractivity contribution in [2.75, 3.05) is 14.2 Å². The van der Waals surface area contributed by atoms with Gasteiger partial charge in [0.25, 0.3) is 5.91 Å². The van der Waals surface area contributed by atoms with Crippen molar-refractivity contribution in [1.82, 2.24) is 5.32 Å². The van der Waals surface area contributed by atoms with Crippen LogP contribution < -0.4 is 14.8 Å². The second kappa shape index (κ2) is 7.88. The van der Waals surface area contributed by atoms with Crippen molar-refractivity contribution in [2.45, 2.75) is 0 Å². The number of benzene rings is 2. The molecular formula is C18H13Cl2NO3S2. The van der Waals surface area contributed by atoms with Crippen LogP contribution in [0.3, 0.4) is 0 Å². The van der Waals surface area contributed by atoms with Crippen LogP contribution in [0.5, 0.6) is 11.5 Å². The number of carbonyl (C=O) groups is 1. The Morgan fingerprint density at radius 1 is 1.15 bits per heavy atom. The minimum Gasteiger partial charge on any atom is -0.493 e. The van der Waals surface area contributed by atoms with E-state index < -0.39 is 0 Å². The summed E-state index contributed by atoms with van der Waals surface area (Å²) < 4.78 is 11.4. The van der Waals surface area contributed by atoms with Crippen molar-refractivity contribution < 1.29 is 14.3 Å². The van der Waals surface area contributed by atoms with E-state index in [1.807, 2.05) is 18.2 Å². The fourth-order valence-corrected chi connectivity index (χ4v) is 4.10. The highest BCUT2D eigenvalue weighted by molar-refractivity contribution is 8.26. The van der Waals surface area contributed by atoms with Crippen LogP contribution in [-0.4, -0.2) is 24.4 Å². The van der Waals surface area contributed by atoms with Crippen LogP contribution in [0, 0.1) is 0 Å². The predicted molar refractivity (Wildman–Crippen MR) is 111 cm³/mol. The van der Waals surface area contributed by atoms with Gasteiger partial charge < -0.3 is 14.8 Å². The Balaban J connectivity index is 2.18. The van der Waals surface area contributed by atoms with Crippen molar-refractivity contribution in [3.05, 3.63) is 50.8 Å². The zero-order valence-corrected chi connectivity index (χ0v) is 16.9. The summed E-state index contributed by atoms with van der Waals surface area (Å²) in [5.41, 5.74) is 2.27. The lowest BCUT2D eigenvalue weighted by molar-refractivity contribution is -0.115. The standard InChI is InChI=1S/C18H13Cl2NO3S2/c1-23-14-6-9(12-4-3-11(19)8-13(12)20)5-10(16(14)24-2)7-15-17(22)21-18(25)26-15/h3-8H,1-2H3,(H,21,22,25). The Kier molecular flexibility index (Phi) is 5.77. The van der Waals surface area contributed by atoms with E-state index in [-0.39, 0.29) is 5.91 Å². The first kappa shape index (κ1) is 19.0. The minimum atomic E-state index is -0.240. The zero-order valence-electron chi connectivity index (χ0n) is 13.8. The molecule has 0 bridgehead atoms. The normalized spacial score (nSPS) is 15.3. The molecule has 3 rings (SSSR count). The van der Waals surface area contributed by atoms with Gasteiger partial charge in [0.2, 0.25) is 0 Å². The van der Waals surface area contributed by atoms with Crippen molar-refractivity contribution in [1.29, 1.82) is 0 Å². The van der Waals surface area contributed by atoms with E-state index in [1.165, 1.54) is 11.8 Å². The Labute approximate surface area is 170 Å². The molecule has 2 aromatic rings. The van der Waals surface area contributed by atoms with E-state index in [1.54, 1.807) is 32.4 Å². The molecule has 4 nitrogen and oxygen atoms in total. The number of thioether (sulfide) groups is 1. The van der Waals surface area contributed by atoms with Crippen LogP contribution in [0.1, 0.15) is 5.56 Å². The van der Waals surface area contributed by atoms with Gasteiger partial charge in [-0.05, 0) is 35.9 Å². The molecule has 1 N–H and O–H groups in total. The molecule has 8 heteroatoms. The lowest BCUT2D eigenvalue weighted by Crippen LogP contribution is -2.17. The average Bonchev–Trinajstić information content (AvgIpc) is 2.91. The third-order valence-corrected chi connectivity index (χ3v) is 5.39. The summed E-state index contributed by atoms with van der Waals surface area (Å²) in [5.74, 6) is 0.796. The summed E-state index contributed by atoms with van der Waals surface area (Å²) in [6.07, 6.45) is 1.72. The number of ether oxygens (including phenoxy) is 2. The summed E-state index contributed by atoms with van der Waals surface area (Å²) in [6, 6.07) is 8.96. The molecule has 0 aliphatic carbocycles. The summed E-state index contributed by atoms with van der Waals surface area (Å²) in [6.45, 7) is 0. The second-order valence-corrected chi connectivity index (χ2v) is 7.84. The lowest BCUT2D eigenvalue weighted by atomic mass is 10.0. The first-order valence-electron chi connectivity index (χ1n) is 7.39. The van der Waals surface area contributed by atoms with Crippen molar-refractivity contribution in [3.8, 4) is 22.6 Å². The number of rotatable bonds is 4. The van der Waals surface area contributed by atoms with Gasteiger partial charge in [-0.15, -0.1) is 0 Å². The molecule has 1 saturated heterocycles. The van der Waals surface area contributed by atoms with Crippen molar-refractivity contribution in [2.24, 2.45) is 0 Å². The highest BCUT2D eigenvalue weighted by atomic mass is 35.5. The molecule has 1 aliphatic heterocycles. The SMILES string of the molecule is COc1cc(-c2ccc(Cl)cc2Cl)cc(C=C2SC(=S)NC2=O)c1OC. The number of amides is 1. The molecule has 26 heavy (non-hydrogen) atoms. The van der Waals surface area contributed by atoms with E-state index in [2.05, 4.69) is 5.32 Å². The summed E-state index contributed by atoms with van der Waals surface area (Å²) >= 11 is 18.6. The minimum absolute atomic E-state index is 0.240. The van der Waals surface area contributed by atoms with Gasteiger partial charge in [0, 0.05) is 21.2 Å². The van der Waals surface area contributed by atoms with Gasteiger partial charge in [0.15, 0.2) is 11.5 Å². The molecule has 0 atom stereocenters. The molecular weight excluding hydrogens is 413 g/mol. The largest absolute Gasteiger partial charge is 0.493 e. The Hall–Kier alpha value is -1.73. The maximum Gasteiger partial charge on any atom is 0.263 e. The van der Waals surface area contributed by atoms with E-state index >= 15 is 0 Å². The monoisotopic (exact) mass is 425 g/mol. The number of halogens is 2. The number of thiocarbonyl (C=S) groups is 1. The quantitative estimate of drug-likeness (QED) is 0.540. The average molecular weight is 426 g/mol. The Morgan fingerprint density at radius 3 is 2.50 bits per heavy atom. The van der Waals surface area contributed by atoms with E-state index in [0.717, 1.165) is 11.1 Å². The molecule has 0 saturated carbocycles. The number of methoxy groups -OCH3 is 2. The fraction of sp³-hybridized carbons (Fsp3) is 0.111. The van der Waals surface area contributed by atoms with Crippen LogP contribution >= 0.6 is 47.2 Å². The van der Waals surface area contributed by atoms with Gasteiger partial charge in [-0.1, -0.05) is 53.2 Å². The molecule has 0 aromatic heterocycles. The molecule has 0 radical (unpaired) electrons. The van der Waals surface area contributed by atoms with Crippen LogP contribution in [0.2, 0.25) is 10.0 Å². The highest BCUT2D eigenvalue weighted by Crippen LogP contribution is 2.41. The first-order valence-corrected chi connectivity index (χ1v) is 9.37. The van der Waals surface area contributed by atoms with E-state index in [4.69, 9.17) is 44.9 Å². The smallest absolute Gasteiger partial charge is 0.263 e. The number of carbonyl (C=O) groups excluding carboxylic acids is 1.